The Morgan fingerprint density at radius 3 is 1.86 bits per heavy atom. The van der Waals surface area contributed by atoms with E-state index >= 15 is 0 Å². The highest BCUT2D eigenvalue weighted by molar-refractivity contribution is 7.13. The third kappa shape index (κ3) is 3.93. The molecule has 29 heavy (non-hydrogen) atoms. The fourth-order valence-corrected chi connectivity index (χ4v) is 3.84. The molecule has 3 aromatic carbocycles. The summed E-state index contributed by atoms with van der Waals surface area (Å²) in [5, 5.41) is 21.0. The van der Waals surface area contributed by atoms with Gasteiger partial charge in [-0.2, -0.15) is 0 Å². The number of rotatable bonds is 5. The van der Waals surface area contributed by atoms with Crippen LogP contribution in [-0.4, -0.2) is 27.1 Å². The van der Waals surface area contributed by atoms with Gasteiger partial charge in [0.15, 0.2) is 0 Å². The second-order valence-corrected chi connectivity index (χ2v) is 7.25. The number of aromatic carboxylic acids is 2. The fraction of sp³-hybridized carbons (Fsp3) is 0. The highest BCUT2D eigenvalue weighted by Gasteiger charge is 2.11. The van der Waals surface area contributed by atoms with E-state index in [9.17, 15) is 19.8 Å². The largest absolute Gasteiger partial charge is 0.478 e. The first-order valence-corrected chi connectivity index (χ1v) is 9.62. The smallest absolute Gasteiger partial charge is 0.335 e. The quantitative estimate of drug-likeness (QED) is 0.458. The van der Waals surface area contributed by atoms with E-state index in [1.165, 1.54) is 11.3 Å². The third-order valence-electron chi connectivity index (χ3n) is 4.46. The van der Waals surface area contributed by atoms with Gasteiger partial charge in [0.1, 0.15) is 5.01 Å². The van der Waals surface area contributed by atoms with Gasteiger partial charge in [-0.05, 0) is 41.5 Å². The number of thiazole rings is 1. The Morgan fingerprint density at radius 2 is 1.21 bits per heavy atom. The number of hydrogen-bond acceptors (Lipinski definition) is 4. The second kappa shape index (κ2) is 7.69. The van der Waals surface area contributed by atoms with Crippen molar-refractivity contribution < 1.29 is 19.8 Å². The van der Waals surface area contributed by atoms with Gasteiger partial charge in [-0.15, -0.1) is 11.3 Å². The van der Waals surface area contributed by atoms with E-state index in [2.05, 4.69) is 4.98 Å². The van der Waals surface area contributed by atoms with Crippen LogP contribution >= 0.6 is 11.3 Å². The molecule has 0 amide bonds. The van der Waals surface area contributed by atoms with E-state index in [0.717, 1.165) is 33.0 Å². The normalized spacial score (nSPS) is 10.6. The van der Waals surface area contributed by atoms with Gasteiger partial charge < -0.3 is 10.2 Å². The Labute approximate surface area is 170 Å². The molecule has 0 atom stereocenters. The number of aromatic nitrogens is 1. The first kappa shape index (κ1) is 18.6. The van der Waals surface area contributed by atoms with Crippen molar-refractivity contribution in [3.05, 3.63) is 89.3 Å². The number of carbonyl (C=O) groups is 2. The predicted octanol–water partition coefficient (Wildman–Crippen LogP) is 5.54. The Bertz CT molecular complexity index is 1230. The van der Waals surface area contributed by atoms with Crippen LogP contribution in [0.3, 0.4) is 0 Å². The van der Waals surface area contributed by atoms with Crippen LogP contribution in [0.25, 0.3) is 33.0 Å². The van der Waals surface area contributed by atoms with E-state index in [1.54, 1.807) is 36.4 Å². The lowest BCUT2D eigenvalue weighted by atomic mass is 10.0. The summed E-state index contributed by atoms with van der Waals surface area (Å²) in [5.41, 5.74) is 4.61. The van der Waals surface area contributed by atoms with Gasteiger partial charge in [0.2, 0.25) is 0 Å². The van der Waals surface area contributed by atoms with Crippen molar-refractivity contribution in [1.82, 2.24) is 4.98 Å². The first-order valence-electron chi connectivity index (χ1n) is 8.75. The summed E-state index contributed by atoms with van der Waals surface area (Å²) in [6.07, 6.45) is 0. The molecule has 6 heteroatoms. The molecule has 5 nitrogen and oxygen atoms in total. The maximum atomic E-state index is 11.2. The van der Waals surface area contributed by atoms with Crippen LogP contribution in [0.5, 0.6) is 0 Å². The van der Waals surface area contributed by atoms with Crippen molar-refractivity contribution in [1.29, 1.82) is 0 Å². The zero-order valence-corrected chi connectivity index (χ0v) is 15.9. The third-order valence-corrected chi connectivity index (χ3v) is 5.35. The van der Waals surface area contributed by atoms with Crippen molar-refractivity contribution >= 4 is 23.3 Å². The van der Waals surface area contributed by atoms with Gasteiger partial charge in [0.25, 0.3) is 0 Å². The summed E-state index contributed by atoms with van der Waals surface area (Å²) in [7, 11) is 0. The number of carboxylic acid groups (broad SMARTS) is 2. The molecule has 142 valence electrons. The van der Waals surface area contributed by atoms with Gasteiger partial charge >= 0.3 is 11.9 Å². The van der Waals surface area contributed by atoms with E-state index in [-0.39, 0.29) is 11.1 Å². The fourth-order valence-electron chi connectivity index (χ4n) is 3.01. The minimum Gasteiger partial charge on any atom is -0.478 e. The standard InChI is InChI=1S/C23H15NO4S/c25-22(26)18-8-2-5-15(11-18)14-4-1-6-16(10-14)20-13-29-21(24-20)17-7-3-9-19(12-17)23(27)28/h1-13H,(H,25,26)(H,27,28). The Kier molecular flexibility index (Phi) is 4.93. The Balaban J connectivity index is 1.68. The van der Waals surface area contributed by atoms with E-state index < -0.39 is 11.9 Å². The molecule has 0 aliphatic heterocycles. The average molecular weight is 401 g/mol. The zero-order valence-electron chi connectivity index (χ0n) is 15.1. The summed E-state index contributed by atoms with van der Waals surface area (Å²) >= 11 is 1.44. The molecule has 4 rings (SSSR count). The Hall–Kier alpha value is -3.77. The lowest BCUT2D eigenvalue weighted by Crippen LogP contribution is -1.95. The molecule has 0 saturated heterocycles. The summed E-state index contributed by atoms with van der Waals surface area (Å²) in [4.78, 5) is 27.1. The highest BCUT2D eigenvalue weighted by Crippen LogP contribution is 2.31. The lowest BCUT2D eigenvalue weighted by Gasteiger charge is -2.05. The summed E-state index contributed by atoms with van der Waals surface area (Å²) in [6.45, 7) is 0. The molecule has 0 bridgehead atoms. The molecule has 1 aromatic heterocycles. The molecule has 0 aliphatic carbocycles. The number of hydrogen-bond donors (Lipinski definition) is 2. The van der Waals surface area contributed by atoms with E-state index in [1.807, 2.05) is 41.8 Å². The molecule has 0 unspecified atom stereocenters. The van der Waals surface area contributed by atoms with Crippen molar-refractivity contribution in [2.75, 3.05) is 0 Å². The van der Waals surface area contributed by atoms with Gasteiger partial charge in [-0.3, -0.25) is 0 Å². The SMILES string of the molecule is O=C(O)c1cccc(-c2cccc(-c3csc(-c4cccc(C(=O)O)c4)n3)c2)c1. The number of benzene rings is 3. The predicted molar refractivity (Wildman–Crippen MR) is 112 cm³/mol. The van der Waals surface area contributed by atoms with Crippen molar-refractivity contribution in [3.8, 4) is 33.0 Å². The second-order valence-electron chi connectivity index (χ2n) is 6.39. The topological polar surface area (TPSA) is 87.5 Å². The van der Waals surface area contributed by atoms with Crippen LogP contribution in [-0.2, 0) is 0 Å². The van der Waals surface area contributed by atoms with Gasteiger partial charge in [0, 0.05) is 16.5 Å². The number of nitrogens with zero attached hydrogens (tertiary/aromatic N) is 1. The van der Waals surface area contributed by atoms with Crippen LogP contribution in [0.15, 0.2) is 78.2 Å². The first-order chi connectivity index (χ1) is 14.0. The summed E-state index contributed by atoms with van der Waals surface area (Å²) in [5.74, 6) is -1.93. The molecular formula is C23H15NO4S. The number of carboxylic acids is 2. The van der Waals surface area contributed by atoms with Crippen LogP contribution in [0.2, 0.25) is 0 Å². The highest BCUT2D eigenvalue weighted by atomic mass is 32.1. The van der Waals surface area contributed by atoms with Crippen LogP contribution < -0.4 is 0 Å². The summed E-state index contributed by atoms with van der Waals surface area (Å²) in [6, 6.07) is 21.2. The lowest BCUT2D eigenvalue weighted by molar-refractivity contribution is 0.0686. The molecule has 0 spiro atoms. The van der Waals surface area contributed by atoms with Gasteiger partial charge in [-0.25, -0.2) is 14.6 Å². The van der Waals surface area contributed by atoms with E-state index in [0.29, 0.717) is 0 Å². The van der Waals surface area contributed by atoms with Gasteiger partial charge in [0.05, 0.1) is 16.8 Å². The molecule has 4 aromatic rings. The molecule has 0 fully saturated rings. The van der Waals surface area contributed by atoms with Gasteiger partial charge in [-0.1, -0.05) is 42.5 Å². The molecule has 0 saturated carbocycles. The molecule has 1 heterocycles. The average Bonchev–Trinajstić information content (AvgIpc) is 3.24. The van der Waals surface area contributed by atoms with Crippen molar-refractivity contribution in [3.63, 3.8) is 0 Å². The molecule has 0 aliphatic rings. The Morgan fingerprint density at radius 1 is 0.690 bits per heavy atom. The maximum Gasteiger partial charge on any atom is 0.335 e. The van der Waals surface area contributed by atoms with Crippen molar-refractivity contribution in [2.45, 2.75) is 0 Å². The minimum absolute atomic E-state index is 0.222. The van der Waals surface area contributed by atoms with Crippen LogP contribution in [0.1, 0.15) is 20.7 Å². The maximum absolute atomic E-state index is 11.2. The monoisotopic (exact) mass is 401 g/mol. The van der Waals surface area contributed by atoms with Crippen LogP contribution in [0, 0.1) is 0 Å². The molecule has 0 radical (unpaired) electrons. The zero-order chi connectivity index (χ0) is 20.4. The molecule has 2 N–H and O–H groups in total. The van der Waals surface area contributed by atoms with E-state index in [4.69, 9.17) is 0 Å². The van der Waals surface area contributed by atoms with Crippen LogP contribution in [0.4, 0.5) is 0 Å². The summed E-state index contributed by atoms with van der Waals surface area (Å²) < 4.78 is 0. The minimum atomic E-state index is -0.972. The van der Waals surface area contributed by atoms with Crippen molar-refractivity contribution in [2.24, 2.45) is 0 Å². The molecular weight excluding hydrogens is 386 g/mol.